The molecule has 6 nitrogen and oxygen atoms in total. The van der Waals surface area contributed by atoms with Crippen molar-refractivity contribution in [3.8, 4) is 11.5 Å². The second-order valence-corrected chi connectivity index (χ2v) is 7.39. The summed E-state index contributed by atoms with van der Waals surface area (Å²) in [6, 6.07) is 19.8. The number of hydrogen-bond donors (Lipinski definition) is 1. The van der Waals surface area contributed by atoms with Gasteiger partial charge in [-0.2, -0.15) is 0 Å². The molecular formula is C26H23FN2O4. The van der Waals surface area contributed by atoms with E-state index in [1.807, 2.05) is 6.92 Å². The molecular weight excluding hydrogens is 423 g/mol. The van der Waals surface area contributed by atoms with Crippen molar-refractivity contribution in [3.63, 3.8) is 0 Å². The minimum absolute atomic E-state index is 0.0295. The summed E-state index contributed by atoms with van der Waals surface area (Å²) >= 11 is 0. The Labute approximate surface area is 191 Å². The van der Waals surface area contributed by atoms with Gasteiger partial charge in [-0.15, -0.1) is 0 Å². The molecule has 1 heterocycles. The highest BCUT2D eigenvalue weighted by Gasteiger charge is 2.39. The topological polar surface area (TPSA) is 67.9 Å². The highest BCUT2D eigenvalue weighted by molar-refractivity contribution is 6.36. The van der Waals surface area contributed by atoms with Crippen LogP contribution < -0.4 is 14.8 Å². The largest absolute Gasteiger partial charge is 0.497 e. The molecule has 7 heteroatoms. The summed E-state index contributed by atoms with van der Waals surface area (Å²) in [5.41, 5.74) is 2.26. The van der Waals surface area contributed by atoms with Crippen molar-refractivity contribution in [2.75, 3.05) is 19.0 Å². The molecule has 0 radical (unpaired) electrons. The van der Waals surface area contributed by atoms with Crippen LogP contribution in [0.2, 0.25) is 0 Å². The molecule has 1 aliphatic heterocycles. The summed E-state index contributed by atoms with van der Waals surface area (Å²) in [4.78, 5) is 27.9. The van der Waals surface area contributed by atoms with Gasteiger partial charge in [0.1, 0.15) is 23.0 Å². The Morgan fingerprint density at radius 3 is 2.30 bits per heavy atom. The lowest BCUT2D eigenvalue weighted by molar-refractivity contribution is -0.137. The van der Waals surface area contributed by atoms with Gasteiger partial charge in [0.15, 0.2) is 0 Å². The van der Waals surface area contributed by atoms with Crippen LogP contribution in [-0.2, 0) is 16.1 Å². The number of anilines is 1. The minimum Gasteiger partial charge on any atom is -0.497 e. The van der Waals surface area contributed by atoms with Gasteiger partial charge in [0.2, 0.25) is 0 Å². The highest BCUT2D eigenvalue weighted by atomic mass is 19.1. The van der Waals surface area contributed by atoms with E-state index in [0.717, 1.165) is 4.90 Å². The quantitative estimate of drug-likeness (QED) is 0.511. The summed E-state index contributed by atoms with van der Waals surface area (Å²) in [7, 11) is 1.55. The van der Waals surface area contributed by atoms with Crippen LogP contribution in [0.25, 0.3) is 5.57 Å². The number of amides is 2. The number of hydrogen-bond acceptors (Lipinski definition) is 5. The standard InChI is InChI=1S/C26H23FN2O4/c1-3-33-21-13-9-18(10-14-21)23-24(28-20-5-4-6-22(15-20)32-2)26(31)29(25(23)30)16-17-7-11-19(27)12-8-17/h4-15,28H,3,16H2,1-2H3. The van der Waals surface area contributed by atoms with Crippen LogP contribution in [0.15, 0.2) is 78.5 Å². The third kappa shape index (κ3) is 4.72. The molecule has 0 saturated heterocycles. The lowest BCUT2D eigenvalue weighted by Crippen LogP contribution is -2.32. The Bertz CT molecular complexity index is 1200. The number of halogens is 1. The van der Waals surface area contributed by atoms with Crippen LogP contribution in [0.4, 0.5) is 10.1 Å². The first kappa shape index (κ1) is 22.1. The van der Waals surface area contributed by atoms with Crippen LogP contribution in [-0.4, -0.2) is 30.4 Å². The Balaban J connectivity index is 1.71. The predicted octanol–water partition coefficient (Wildman–Crippen LogP) is 4.63. The first-order valence-electron chi connectivity index (χ1n) is 10.5. The molecule has 0 atom stereocenters. The van der Waals surface area contributed by atoms with Crippen molar-refractivity contribution in [2.24, 2.45) is 0 Å². The van der Waals surface area contributed by atoms with Crippen molar-refractivity contribution < 1.29 is 23.5 Å². The molecule has 4 rings (SSSR count). The number of carbonyl (C=O) groups is 2. The number of rotatable bonds is 8. The predicted molar refractivity (Wildman–Crippen MR) is 123 cm³/mol. The van der Waals surface area contributed by atoms with Crippen LogP contribution in [0.1, 0.15) is 18.1 Å². The molecule has 3 aromatic carbocycles. The average Bonchev–Trinajstić information content (AvgIpc) is 3.05. The minimum atomic E-state index is -0.462. The second kappa shape index (κ2) is 9.56. The fraction of sp³-hybridized carbons (Fsp3) is 0.154. The van der Waals surface area contributed by atoms with E-state index in [1.165, 1.54) is 12.1 Å². The van der Waals surface area contributed by atoms with Gasteiger partial charge in [-0.3, -0.25) is 14.5 Å². The summed E-state index contributed by atoms with van der Waals surface area (Å²) in [6.07, 6.45) is 0. The number of benzene rings is 3. The molecule has 0 aromatic heterocycles. The Hall–Kier alpha value is -4.13. The van der Waals surface area contributed by atoms with Crippen molar-refractivity contribution in [2.45, 2.75) is 13.5 Å². The van der Waals surface area contributed by atoms with E-state index in [2.05, 4.69) is 5.32 Å². The molecule has 0 spiro atoms. The summed E-state index contributed by atoms with van der Waals surface area (Å²) in [5.74, 6) is 0.00794. The SMILES string of the molecule is CCOc1ccc(C2=C(Nc3cccc(OC)c3)C(=O)N(Cc3ccc(F)cc3)C2=O)cc1. The van der Waals surface area contributed by atoms with Crippen LogP contribution in [0, 0.1) is 5.82 Å². The maximum Gasteiger partial charge on any atom is 0.278 e. The molecule has 168 valence electrons. The number of ether oxygens (including phenoxy) is 2. The molecule has 0 saturated carbocycles. The Morgan fingerprint density at radius 1 is 0.909 bits per heavy atom. The van der Waals surface area contributed by atoms with Gasteiger partial charge in [0, 0.05) is 11.8 Å². The molecule has 0 fully saturated rings. The monoisotopic (exact) mass is 446 g/mol. The molecule has 0 aliphatic carbocycles. The molecule has 0 bridgehead atoms. The molecule has 33 heavy (non-hydrogen) atoms. The fourth-order valence-electron chi connectivity index (χ4n) is 3.61. The van der Waals surface area contributed by atoms with Gasteiger partial charge in [-0.1, -0.05) is 30.3 Å². The highest BCUT2D eigenvalue weighted by Crippen LogP contribution is 2.33. The second-order valence-electron chi connectivity index (χ2n) is 7.39. The van der Waals surface area contributed by atoms with E-state index in [4.69, 9.17) is 9.47 Å². The van der Waals surface area contributed by atoms with Crippen LogP contribution in [0.5, 0.6) is 11.5 Å². The smallest absolute Gasteiger partial charge is 0.278 e. The van der Waals surface area contributed by atoms with Gasteiger partial charge >= 0.3 is 0 Å². The van der Waals surface area contributed by atoms with E-state index < -0.39 is 11.8 Å². The lowest BCUT2D eigenvalue weighted by Gasteiger charge is -2.15. The first-order valence-corrected chi connectivity index (χ1v) is 10.5. The van der Waals surface area contributed by atoms with E-state index >= 15 is 0 Å². The number of nitrogens with one attached hydrogen (secondary N) is 1. The van der Waals surface area contributed by atoms with Crippen molar-refractivity contribution >= 4 is 23.1 Å². The van der Waals surface area contributed by atoms with Gasteiger partial charge in [0.25, 0.3) is 11.8 Å². The van der Waals surface area contributed by atoms with Crippen LogP contribution >= 0.6 is 0 Å². The van der Waals surface area contributed by atoms with E-state index in [-0.39, 0.29) is 23.6 Å². The summed E-state index contributed by atoms with van der Waals surface area (Å²) < 4.78 is 24.1. The molecule has 3 aromatic rings. The summed E-state index contributed by atoms with van der Waals surface area (Å²) in [6.45, 7) is 2.44. The normalized spacial score (nSPS) is 13.5. The van der Waals surface area contributed by atoms with E-state index in [1.54, 1.807) is 67.8 Å². The number of imide groups is 1. The van der Waals surface area contributed by atoms with Crippen LogP contribution in [0.3, 0.4) is 0 Å². The van der Waals surface area contributed by atoms with Crippen molar-refractivity contribution in [1.82, 2.24) is 4.90 Å². The van der Waals surface area contributed by atoms with Gasteiger partial charge in [-0.05, 0) is 54.4 Å². The maximum absolute atomic E-state index is 13.4. The van der Waals surface area contributed by atoms with Gasteiger partial charge in [0.05, 0.1) is 25.8 Å². The molecule has 0 unspecified atom stereocenters. The molecule has 1 N–H and O–H groups in total. The summed E-state index contributed by atoms with van der Waals surface area (Å²) in [5, 5.41) is 3.11. The first-order chi connectivity index (χ1) is 16.0. The van der Waals surface area contributed by atoms with E-state index in [0.29, 0.717) is 34.9 Å². The zero-order chi connectivity index (χ0) is 23.4. The molecule has 2 amide bonds. The number of nitrogens with zero attached hydrogens (tertiary/aromatic N) is 1. The van der Waals surface area contributed by atoms with E-state index in [9.17, 15) is 14.0 Å². The number of methoxy groups -OCH3 is 1. The number of carbonyl (C=O) groups excluding carboxylic acids is 2. The van der Waals surface area contributed by atoms with Crippen molar-refractivity contribution in [3.05, 3.63) is 95.4 Å². The zero-order valence-electron chi connectivity index (χ0n) is 18.3. The zero-order valence-corrected chi connectivity index (χ0v) is 18.3. The Morgan fingerprint density at radius 2 is 1.64 bits per heavy atom. The third-order valence-corrected chi connectivity index (χ3v) is 5.22. The lowest BCUT2D eigenvalue weighted by atomic mass is 10.0. The fourth-order valence-corrected chi connectivity index (χ4v) is 3.61. The molecule has 1 aliphatic rings. The Kier molecular flexibility index (Phi) is 6.40. The average molecular weight is 446 g/mol. The maximum atomic E-state index is 13.4. The third-order valence-electron chi connectivity index (χ3n) is 5.22. The van der Waals surface area contributed by atoms with Gasteiger partial charge < -0.3 is 14.8 Å². The van der Waals surface area contributed by atoms with Crippen molar-refractivity contribution in [1.29, 1.82) is 0 Å². The van der Waals surface area contributed by atoms with Gasteiger partial charge in [-0.25, -0.2) is 4.39 Å².